The van der Waals surface area contributed by atoms with Gasteiger partial charge in [-0.1, -0.05) is 10.3 Å². The first-order chi connectivity index (χ1) is 13.1. The highest BCUT2D eigenvalue weighted by Crippen LogP contribution is 2.13. The zero-order valence-corrected chi connectivity index (χ0v) is 16.8. The molecule has 0 unspecified atom stereocenters. The van der Waals surface area contributed by atoms with Crippen molar-refractivity contribution in [2.45, 2.75) is 40.7 Å². The van der Waals surface area contributed by atoms with E-state index in [4.69, 9.17) is 14.0 Å². The van der Waals surface area contributed by atoms with Crippen LogP contribution >= 0.6 is 0 Å². The number of hydrogen-bond donors (Lipinski definition) is 1. The molecule has 2 aromatic rings. The molecule has 1 aliphatic rings. The van der Waals surface area contributed by atoms with Crippen LogP contribution in [0.3, 0.4) is 0 Å². The maximum Gasteiger partial charge on any atom is 0.194 e. The maximum atomic E-state index is 5.24. The highest BCUT2D eigenvalue weighted by Gasteiger charge is 2.20. The predicted molar refractivity (Wildman–Crippen MR) is 104 cm³/mol. The van der Waals surface area contributed by atoms with Gasteiger partial charge in [-0.25, -0.2) is 0 Å². The number of nitrogens with zero attached hydrogens (tertiary/aromatic N) is 5. The molecule has 0 aliphatic carbocycles. The molecule has 2 aromatic heterocycles. The topological polar surface area (TPSA) is 82.9 Å². The van der Waals surface area contributed by atoms with Gasteiger partial charge in [0.1, 0.15) is 11.5 Å². The van der Waals surface area contributed by atoms with E-state index in [1.165, 1.54) is 5.56 Å². The maximum absolute atomic E-state index is 5.24. The molecule has 1 aliphatic heterocycles. The van der Waals surface area contributed by atoms with E-state index < -0.39 is 0 Å². The first-order valence-corrected chi connectivity index (χ1v) is 9.66. The summed E-state index contributed by atoms with van der Waals surface area (Å²) < 4.78 is 10.4. The number of rotatable bonds is 6. The van der Waals surface area contributed by atoms with Crippen LogP contribution in [0.2, 0.25) is 0 Å². The van der Waals surface area contributed by atoms with E-state index >= 15 is 0 Å². The van der Waals surface area contributed by atoms with Crippen LogP contribution in [-0.2, 0) is 13.0 Å². The normalized spacial score (nSPS) is 16.1. The van der Waals surface area contributed by atoms with Crippen LogP contribution in [0.4, 0.5) is 0 Å². The summed E-state index contributed by atoms with van der Waals surface area (Å²) in [5, 5.41) is 11.5. The van der Waals surface area contributed by atoms with Crippen LogP contribution in [0.25, 0.3) is 0 Å². The van der Waals surface area contributed by atoms with Gasteiger partial charge >= 0.3 is 0 Å². The number of piperazine rings is 1. The van der Waals surface area contributed by atoms with Gasteiger partial charge in [-0.05, 0) is 34.1 Å². The summed E-state index contributed by atoms with van der Waals surface area (Å²) in [5.41, 5.74) is 3.13. The smallest absolute Gasteiger partial charge is 0.194 e. The van der Waals surface area contributed by atoms with Gasteiger partial charge in [-0.15, -0.1) is 0 Å². The fourth-order valence-corrected chi connectivity index (χ4v) is 3.40. The molecule has 3 heterocycles. The second-order valence-corrected chi connectivity index (χ2v) is 6.98. The van der Waals surface area contributed by atoms with Gasteiger partial charge in [-0.2, -0.15) is 0 Å². The summed E-state index contributed by atoms with van der Waals surface area (Å²) in [6, 6.07) is 2.01. The Morgan fingerprint density at radius 3 is 2.52 bits per heavy atom. The van der Waals surface area contributed by atoms with Gasteiger partial charge < -0.3 is 19.3 Å². The van der Waals surface area contributed by atoms with Crippen molar-refractivity contribution in [3.8, 4) is 0 Å². The number of aryl methyl sites for hydroxylation is 3. The molecule has 0 bridgehead atoms. The van der Waals surface area contributed by atoms with Crippen molar-refractivity contribution < 1.29 is 9.05 Å². The summed E-state index contributed by atoms with van der Waals surface area (Å²) in [6.45, 7) is 14.3. The third-order valence-corrected chi connectivity index (χ3v) is 4.87. The Morgan fingerprint density at radius 1 is 1.15 bits per heavy atom. The monoisotopic (exact) mass is 374 g/mol. The van der Waals surface area contributed by atoms with Crippen LogP contribution in [0.5, 0.6) is 0 Å². The van der Waals surface area contributed by atoms with Crippen LogP contribution in [0, 0.1) is 20.8 Å². The van der Waals surface area contributed by atoms with Gasteiger partial charge in [0.05, 0.1) is 11.4 Å². The molecule has 8 nitrogen and oxygen atoms in total. The zero-order chi connectivity index (χ0) is 19.2. The molecule has 1 fully saturated rings. The average molecular weight is 374 g/mol. The van der Waals surface area contributed by atoms with E-state index in [1.807, 2.05) is 26.8 Å². The van der Waals surface area contributed by atoms with Crippen LogP contribution in [0.1, 0.15) is 35.4 Å². The Bertz CT molecular complexity index is 739. The van der Waals surface area contributed by atoms with E-state index in [2.05, 4.69) is 32.4 Å². The average Bonchev–Trinajstić information content (AvgIpc) is 3.21. The second-order valence-electron chi connectivity index (χ2n) is 6.98. The van der Waals surface area contributed by atoms with E-state index in [9.17, 15) is 0 Å². The number of hydrogen-bond acceptors (Lipinski definition) is 6. The Labute approximate surface area is 160 Å². The lowest BCUT2D eigenvalue weighted by Gasteiger charge is -2.36. The minimum atomic E-state index is 0.726. The van der Waals surface area contributed by atoms with E-state index in [0.29, 0.717) is 0 Å². The van der Waals surface area contributed by atoms with Crippen molar-refractivity contribution in [3.63, 3.8) is 0 Å². The van der Waals surface area contributed by atoms with Gasteiger partial charge in [0.2, 0.25) is 0 Å². The van der Waals surface area contributed by atoms with Crippen molar-refractivity contribution in [2.75, 3.05) is 39.3 Å². The summed E-state index contributed by atoms with van der Waals surface area (Å²) in [4.78, 5) is 9.56. The Hall–Kier alpha value is -2.35. The SMILES string of the molecule is CCNC(=NCCc1c(C)noc1C)N1CCN(Cc2cc(C)on2)CC1. The first kappa shape index (κ1) is 19.4. The second kappa shape index (κ2) is 9.03. The van der Waals surface area contributed by atoms with Gasteiger partial charge in [0.15, 0.2) is 5.96 Å². The molecular weight excluding hydrogens is 344 g/mol. The van der Waals surface area contributed by atoms with Crippen molar-refractivity contribution >= 4 is 5.96 Å². The Morgan fingerprint density at radius 2 is 1.93 bits per heavy atom. The van der Waals surface area contributed by atoms with E-state index in [-0.39, 0.29) is 0 Å². The molecule has 0 amide bonds. The fraction of sp³-hybridized carbons (Fsp3) is 0.632. The molecule has 0 atom stereocenters. The molecule has 3 rings (SSSR count). The summed E-state index contributed by atoms with van der Waals surface area (Å²) >= 11 is 0. The van der Waals surface area contributed by atoms with Crippen molar-refractivity contribution in [1.29, 1.82) is 0 Å². The van der Waals surface area contributed by atoms with Gasteiger partial charge in [-0.3, -0.25) is 9.89 Å². The Kier molecular flexibility index (Phi) is 6.49. The minimum absolute atomic E-state index is 0.726. The van der Waals surface area contributed by atoms with Gasteiger partial charge in [0, 0.05) is 57.4 Å². The van der Waals surface area contributed by atoms with Crippen molar-refractivity contribution in [3.05, 3.63) is 34.5 Å². The lowest BCUT2D eigenvalue weighted by molar-refractivity contribution is 0.169. The largest absolute Gasteiger partial charge is 0.361 e. The molecule has 0 saturated carbocycles. The Balaban J connectivity index is 1.52. The van der Waals surface area contributed by atoms with Crippen LogP contribution < -0.4 is 5.32 Å². The van der Waals surface area contributed by atoms with Crippen LogP contribution in [-0.4, -0.2) is 65.3 Å². The highest BCUT2D eigenvalue weighted by molar-refractivity contribution is 5.80. The molecule has 0 aromatic carbocycles. The lowest BCUT2D eigenvalue weighted by Crippen LogP contribution is -2.52. The number of nitrogens with one attached hydrogen (secondary N) is 1. The quantitative estimate of drug-likeness (QED) is 0.611. The zero-order valence-electron chi connectivity index (χ0n) is 16.8. The third kappa shape index (κ3) is 5.09. The molecule has 1 N–H and O–H groups in total. The van der Waals surface area contributed by atoms with Crippen LogP contribution in [0.15, 0.2) is 20.1 Å². The number of aliphatic imine (C=N–C) groups is 1. The molecule has 1 saturated heterocycles. The molecule has 148 valence electrons. The summed E-state index contributed by atoms with van der Waals surface area (Å²) in [6.07, 6.45) is 0.849. The standard InChI is InChI=1S/C19H30N6O2/c1-5-20-19(21-7-6-18-15(3)22-27-16(18)4)25-10-8-24(9-11-25)13-17-12-14(2)26-23-17/h12H,5-11,13H2,1-4H3,(H,20,21). The first-order valence-electron chi connectivity index (χ1n) is 9.66. The van der Waals surface area contributed by atoms with E-state index in [0.717, 1.165) is 81.1 Å². The summed E-state index contributed by atoms with van der Waals surface area (Å²) in [7, 11) is 0. The number of aromatic nitrogens is 2. The lowest BCUT2D eigenvalue weighted by atomic mass is 10.1. The molecule has 0 radical (unpaired) electrons. The molecule has 0 spiro atoms. The summed E-state index contributed by atoms with van der Waals surface area (Å²) in [5.74, 6) is 2.74. The molecule has 8 heteroatoms. The molecule has 27 heavy (non-hydrogen) atoms. The minimum Gasteiger partial charge on any atom is -0.361 e. The van der Waals surface area contributed by atoms with Crippen molar-refractivity contribution in [2.24, 2.45) is 4.99 Å². The van der Waals surface area contributed by atoms with Gasteiger partial charge in [0.25, 0.3) is 0 Å². The predicted octanol–water partition coefficient (Wildman–Crippen LogP) is 1.91. The fourth-order valence-electron chi connectivity index (χ4n) is 3.40. The van der Waals surface area contributed by atoms with E-state index in [1.54, 1.807) is 0 Å². The number of guanidine groups is 1. The highest BCUT2D eigenvalue weighted by atomic mass is 16.5. The van der Waals surface area contributed by atoms with Crippen molar-refractivity contribution in [1.82, 2.24) is 25.4 Å². The molecular formula is C19H30N6O2. The third-order valence-electron chi connectivity index (χ3n) is 4.87.